The van der Waals surface area contributed by atoms with Gasteiger partial charge in [-0.3, -0.25) is 9.78 Å². The first-order chi connectivity index (χ1) is 11.0. The normalized spacial score (nSPS) is 24.1. The SMILES string of the molecule is CN(C)C(=O)N1CC[C@@]2(CCCN(C(=O)c3cccnc3)C2)C1. The molecule has 1 aromatic rings. The molecule has 0 unspecified atom stereocenters. The van der Waals surface area contributed by atoms with Gasteiger partial charge in [-0.25, -0.2) is 4.79 Å². The Bertz CT molecular complexity index is 590. The molecular weight excluding hydrogens is 292 g/mol. The number of nitrogens with zero attached hydrogens (tertiary/aromatic N) is 4. The van der Waals surface area contributed by atoms with Crippen LogP contribution in [-0.2, 0) is 0 Å². The van der Waals surface area contributed by atoms with Gasteiger partial charge in [0.25, 0.3) is 5.91 Å². The van der Waals surface area contributed by atoms with Gasteiger partial charge < -0.3 is 14.7 Å². The average molecular weight is 316 g/mol. The molecule has 2 saturated heterocycles. The molecule has 1 atom stereocenters. The van der Waals surface area contributed by atoms with E-state index in [2.05, 4.69) is 4.98 Å². The fourth-order valence-corrected chi connectivity index (χ4v) is 3.77. The van der Waals surface area contributed by atoms with E-state index in [1.165, 1.54) is 0 Å². The summed E-state index contributed by atoms with van der Waals surface area (Å²) in [4.78, 5) is 34.3. The number of urea groups is 1. The molecule has 23 heavy (non-hydrogen) atoms. The second-order valence-corrected chi connectivity index (χ2v) is 6.92. The standard InChI is InChI=1S/C17H24N4O2/c1-19(2)16(23)21-10-7-17(13-21)6-4-9-20(12-17)15(22)14-5-3-8-18-11-14/h3,5,8,11H,4,6-7,9-10,12-13H2,1-2H3/t17-/m1/s1. The summed E-state index contributed by atoms with van der Waals surface area (Å²) in [5.74, 6) is 0.0505. The number of piperidine rings is 1. The van der Waals surface area contributed by atoms with Crippen molar-refractivity contribution in [2.75, 3.05) is 40.3 Å². The Labute approximate surface area is 137 Å². The van der Waals surface area contributed by atoms with Gasteiger partial charge in [-0.15, -0.1) is 0 Å². The van der Waals surface area contributed by atoms with Crippen LogP contribution in [-0.4, -0.2) is 71.9 Å². The van der Waals surface area contributed by atoms with E-state index in [1.54, 1.807) is 37.5 Å². The second kappa shape index (κ2) is 6.18. The molecule has 2 fully saturated rings. The van der Waals surface area contributed by atoms with Gasteiger partial charge in [0.15, 0.2) is 0 Å². The lowest BCUT2D eigenvalue weighted by molar-refractivity contribution is 0.0533. The molecule has 2 aliphatic heterocycles. The third-order valence-electron chi connectivity index (χ3n) is 4.95. The van der Waals surface area contributed by atoms with E-state index >= 15 is 0 Å². The summed E-state index contributed by atoms with van der Waals surface area (Å²) in [6, 6.07) is 3.67. The number of pyridine rings is 1. The zero-order valence-electron chi connectivity index (χ0n) is 13.9. The van der Waals surface area contributed by atoms with Gasteiger partial charge in [0.1, 0.15) is 0 Å². The van der Waals surface area contributed by atoms with Gasteiger partial charge in [0.05, 0.1) is 5.56 Å². The van der Waals surface area contributed by atoms with Crippen molar-refractivity contribution >= 4 is 11.9 Å². The quantitative estimate of drug-likeness (QED) is 0.792. The molecule has 3 amide bonds. The molecule has 0 N–H and O–H groups in total. The van der Waals surface area contributed by atoms with Gasteiger partial charge in [0.2, 0.25) is 0 Å². The van der Waals surface area contributed by atoms with Gasteiger partial charge in [-0.1, -0.05) is 0 Å². The smallest absolute Gasteiger partial charge is 0.319 e. The molecule has 1 spiro atoms. The predicted molar refractivity (Wildman–Crippen MR) is 87.1 cm³/mol. The number of likely N-dealkylation sites (tertiary alicyclic amines) is 2. The first-order valence-corrected chi connectivity index (χ1v) is 8.16. The molecule has 3 heterocycles. The maximum absolute atomic E-state index is 12.7. The van der Waals surface area contributed by atoms with Crippen LogP contribution in [0.25, 0.3) is 0 Å². The summed E-state index contributed by atoms with van der Waals surface area (Å²) >= 11 is 0. The van der Waals surface area contributed by atoms with E-state index in [-0.39, 0.29) is 17.4 Å². The van der Waals surface area contributed by atoms with Crippen LogP contribution in [0.3, 0.4) is 0 Å². The first-order valence-electron chi connectivity index (χ1n) is 8.16. The Balaban J connectivity index is 1.69. The molecule has 0 aromatic carbocycles. The Morgan fingerprint density at radius 1 is 1.17 bits per heavy atom. The number of hydrogen-bond acceptors (Lipinski definition) is 3. The average Bonchev–Trinajstić information content (AvgIpc) is 2.97. The summed E-state index contributed by atoms with van der Waals surface area (Å²) in [5, 5.41) is 0. The fraction of sp³-hybridized carbons (Fsp3) is 0.588. The Kier molecular flexibility index (Phi) is 4.24. The van der Waals surface area contributed by atoms with Gasteiger partial charge in [-0.05, 0) is 31.4 Å². The van der Waals surface area contributed by atoms with Crippen LogP contribution in [0.5, 0.6) is 0 Å². The molecular formula is C17H24N4O2. The lowest BCUT2D eigenvalue weighted by Gasteiger charge is -2.40. The van der Waals surface area contributed by atoms with Crippen molar-refractivity contribution in [1.82, 2.24) is 19.7 Å². The van der Waals surface area contributed by atoms with Gasteiger partial charge in [-0.2, -0.15) is 0 Å². The Morgan fingerprint density at radius 3 is 2.65 bits per heavy atom. The van der Waals surface area contributed by atoms with E-state index in [9.17, 15) is 9.59 Å². The highest BCUT2D eigenvalue weighted by Gasteiger charge is 2.44. The summed E-state index contributed by atoms with van der Waals surface area (Å²) in [6.07, 6.45) is 6.36. The largest absolute Gasteiger partial charge is 0.338 e. The molecule has 6 nitrogen and oxygen atoms in total. The van der Waals surface area contributed by atoms with Gasteiger partial charge >= 0.3 is 6.03 Å². The number of rotatable bonds is 1. The number of carbonyl (C=O) groups excluding carboxylic acids is 2. The Morgan fingerprint density at radius 2 is 1.96 bits per heavy atom. The first kappa shape index (κ1) is 15.8. The summed E-state index contributed by atoms with van der Waals surface area (Å²) in [5.41, 5.74) is 0.700. The molecule has 0 radical (unpaired) electrons. The van der Waals surface area contributed by atoms with Crippen molar-refractivity contribution in [3.05, 3.63) is 30.1 Å². The van der Waals surface area contributed by atoms with E-state index < -0.39 is 0 Å². The number of amides is 3. The molecule has 3 rings (SSSR count). The monoisotopic (exact) mass is 316 g/mol. The minimum Gasteiger partial charge on any atom is -0.338 e. The highest BCUT2D eigenvalue weighted by atomic mass is 16.2. The molecule has 1 aromatic heterocycles. The molecule has 2 aliphatic rings. The maximum atomic E-state index is 12.7. The van der Waals surface area contributed by atoms with Crippen molar-refractivity contribution in [3.8, 4) is 0 Å². The zero-order valence-corrected chi connectivity index (χ0v) is 13.9. The minimum atomic E-state index is 0.0505. The van der Waals surface area contributed by atoms with Crippen LogP contribution in [0.2, 0.25) is 0 Å². The highest BCUT2D eigenvalue weighted by Crippen LogP contribution is 2.39. The topological polar surface area (TPSA) is 56.8 Å². The van der Waals surface area contributed by atoms with Crippen LogP contribution < -0.4 is 0 Å². The molecule has 6 heteroatoms. The van der Waals surface area contributed by atoms with Crippen LogP contribution in [0, 0.1) is 5.41 Å². The lowest BCUT2D eigenvalue weighted by Crippen LogP contribution is -2.48. The summed E-state index contributed by atoms with van der Waals surface area (Å²) < 4.78 is 0. The highest BCUT2D eigenvalue weighted by molar-refractivity contribution is 5.94. The summed E-state index contributed by atoms with van der Waals surface area (Å²) in [6.45, 7) is 3.06. The van der Waals surface area contributed by atoms with Crippen LogP contribution in [0.15, 0.2) is 24.5 Å². The van der Waals surface area contributed by atoms with Crippen molar-refractivity contribution in [2.45, 2.75) is 19.3 Å². The van der Waals surface area contributed by atoms with Gasteiger partial charge in [0, 0.05) is 58.1 Å². The van der Waals surface area contributed by atoms with Crippen LogP contribution >= 0.6 is 0 Å². The van der Waals surface area contributed by atoms with Crippen LogP contribution in [0.1, 0.15) is 29.6 Å². The number of carbonyl (C=O) groups is 2. The predicted octanol–water partition coefficient (Wildman–Crippen LogP) is 1.69. The van der Waals surface area contributed by atoms with E-state index in [4.69, 9.17) is 0 Å². The molecule has 124 valence electrons. The third kappa shape index (κ3) is 3.16. The number of aromatic nitrogens is 1. The molecule has 0 aliphatic carbocycles. The lowest BCUT2D eigenvalue weighted by atomic mass is 9.79. The van der Waals surface area contributed by atoms with Crippen molar-refractivity contribution < 1.29 is 9.59 Å². The second-order valence-electron chi connectivity index (χ2n) is 6.92. The van der Waals surface area contributed by atoms with Crippen LogP contribution in [0.4, 0.5) is 4.79 Å². The summed E-state index contributed by atoms with van der Waals surface area (Å²) in [7, 11) is 3.57. The van der Waals surface area contributed by atoms with Crippen molar-refractivity contribution in [3.63, 3.8) is 0 Å². The maximum Gasteiger partial charge on any atom is 0.319 e. The third-order valence-corrected chi connectivity index (χ3v) is 4.95. The fourth-order valence-electron chi connectivity index (χ4n) is 3.77. The van der Waals surface area contributed by atoms with E-state index in [1.807, 2.05) is 15.9 Å². The van der Waals surface area contributed by atoms with E-state index in [0.29, 0.717) is 5.56 Å². The number of hydrogen-bond donors (Lipinski definition) is 0. The van der Waals surface area contributed by atoms with Crippen molar-refractivity contribution in [1.29, 1.82) is 0 Å². The molecule has 0 saturated carbocycles. The van der Waals surface area contributed by atoms with Crippen molar-refractivity contribution in [2.24, 2.45) is 5.41 Å². The van der Waals surface area contributed by atoms with E-state index in [0.717, 1.165) is 45.4 Å². The minimum absolute atomic E-state index is 0.0505. The molecule has 0 bridgehead atoms. The Hall–Kier alpha value is -2.11. The zero-order chi connectivity index (χ0) is 16.4.